The van der Waals surface area contributed by atoms with Crippen molar-refractivity contribution in [1.29, 1.82) is 0 Å². The van der Waals surface area contributed by atoms with Crippen LogP contribution in [-0.2, 0) is 4.79 Å². The predicted octanol–water partition coefficient (Wildman–Crippen LogP) is 1.60. The van der Waals surface area contributed by atoms with E-state index in [1.165, 1.54) is 0 Å². The molecular weight excluding hydrogens is 268 g/mol. The van der Waals surface area contributed by atoms with Gasteiger partial charge in [0, 0.05) is 18.9 Å². The summed E-state index contributed by atoms with van der Waals surface area (Å²) >= 11 is 0. The van der Waals surface area contributed by atoms with E-state index in [9.17, 15) is 9.90 Å². The Balaban J connectivity index is 2.12. The zero-order valence-corrected chi connectivity index (χ0v) is 11.5. The minimum atomic E-state index is -1.01. The van der Waals surface area contributed by atoms with Crippen molar-refractivity contribution in [3.05, 3.63) is 66.0 Å². The van der Waals surface area contributed by atoms with E-state index in [0.717, 1.165) is 11.1 Å². The molecular formula is C16H18N2O3. The third-order valence-corrected chi connectivity index (χ3v) is 3.14. The van der Waals surface area contributed by atoms with Crippen LogP contribution in [0.25, 0.3) is 0 Å². The Bertz CT molecular complexity index is 521. The summed E-state index contributed by atoms with van der Waals surface area (Å²) in [6.45, 7) is 0.203. The Kier molecular flexibility index (Phi) is 5.43. The molecule has 2 atom stereocenters. The molecule has 21 heavy (non-hydrogen) atoms. The largest absolute Gasteiger partial charge is 0.481 e. The molecule has 2 rings (SSSR count). The van der Waals surface area contributed by atoms with E-state index < -0.39 is 12.1 Å². The second-order valence-corrected chi connectivity index (χ2v) is 4.78. The molecule has 2 aromatic rings. The number of carbonyl (C=O) groups is 1. The van der Waals surface area contributed by atoms with Crippen molar-refractivity contribution in [2.45, 2.75) is 18.6 Å². The van der Waals surface area contributed by atoms with Gasteiger partial charge < -0.3 is 15.5 Å². The quantitative estimate of drug-likeness (QED) is 0.720. The Morgan fingerprint density at radius 2 is 1.71 bits per heavy atom. The van der Waals surface area contributed by atoms with Crippen LogP contribution < -0.4 is 5.32 Å². The van der Waals surface area contributed by atoms with Gasteiger partial charge >= 0.3 is 5.97 Å². The van der Waals surface area contributed by atoms with E-state index in [4.69, 9.17) is 5.11 Å². The van der Waals surface area contributed by atoms with Crippen LogP contribution in [0, 0.1) is 0 Å². The number of aliphatic carboxylic acids is 1. The molecule has 0 spiro atoms. The van der Waals surface area contributed by atoms with Crippen molar-refractivity contribution in [3.8, 4) is 0 Å². The smallest absolute Gasteiger partial charge is 0.306 e. The highest BCUT2D eigenvalue weighted by Crippen LogP contribution is 2.21. The summed E-state index contributed by atoms with van der Waals surface area (Å²) in [5.74, 6) is -1.01. The highest BCUT2D eigenvalue weighted by Gasteiger charge is 2.16. The van der Waals surface area contributed by atoms with E-state index in [-0.39, 0.29) is 19.0 Å². The number of nitrogens with zero attached hydrogens (tertiary/aromatic N) is 1. The fourth-order valence-electron chi connectivity index (χ4n) is 2.16. The van der Waals surface area contributed by atoms with Gasteiger partial charge in [-0.15, -0.1) is 0 Å². The van der Waals surface area contributed by atoms with Crippen LogP contribution in [0.15, 0.2) is 54.9 Å². The number of benzene rings is 1. The molecule has 2 unspecified atom stereocenters. The zero-order valence-electron chi connectivity index (χ0n) is 11.5. The highest BCUT2D eigenvalue weighted by atomic mass is 16.4. The van der Waals surface area contributed by atoms with Crippen LogP contribution in [0.2, 0.25) is 0 Å². The fourth-order valence-corrected chi connectivity index (χ4v) is 2.16. The first-order valence-corrected chi connectivity index (χ1v) is 6.75. The summed E-state index contributed by atoms with van der Waals surface area (Å²) < 4.78 is 0. The maximum atomic E-state index is 10.6. The Morgan fingerprint density at radius 1 is 1.10 bits per heavy atom. The summed E-state index contributed by atoms with van der Waals surface area (Å²) in [7, 11) is 0. The summed E-state index contributed by atoms with van der Waals surface area (Å²) in [4.78, 5) is 14.6. The van der Waals surface area contributed by atoms with Crippen molar-refractivity contribution in [1.82, 2.24) is 10.3 Å². The minimum absolute atomic E-state index is 0.113. The first-order chi connectivity index (χ1) is 10.2. The third-order valence-electron chi connectivity index (χ3n) is 3.14. The molecule has 0 bridgehead atoms. The van der Waals surface area contributed by atoms with Gasteiger partial charge in [0.05, 0.1) is 18.6 Å². The molecule has 0 aliphatic heterocycles. The van der Waals surface area contributed by atoms with Crippen LogP contribution in [0.1, 0.15) is 23.6 Å². The molecule has 0 aliphatic rings. The number of nitrogens with one attached hydrogen (secondary N) is 1. The van der Waals surface area contributed by atoms with Gasteiger partial charge in [0.25, 0.3) is 0 Å². The van der Waals surface area contributed by atoms with E-state index in [0.29, 0.717) is 0 Å². The SMILES string of the molecule is O=C(O)CC(O)CNC(c1ccccc1)c1ccncc1. The van der Waals surface area contributed by atoms with E-state index >= 15 is 0 Å². The van der Waals surface area contributed by atoms with Crippen molar-refractivity contribution < 1.29 is 15.0 Å². The number of rotatable bonds is 7. The zero-order chi connectivity index (χ0) is 15.1. The van der Waals surface area contributed by atoms with Gasteiger partial charge in [-0.1, -0.05) is 30.3 Å². The molecule has 1 aromatic carbocycles. The first kappa shape index (κ1) is 15.2. The van der Waals surface area contributed by atoms with Gasteiger partial charge in [0.1, 0.15) is 0 Å². The van der Waals surface area contributed by atoms with Crippen LogP contribution in [0.5, 0.6) is 0 Å². The summed E-state index contributed by atoms with van der Waals surface area (Å²) in [6, 6.07) is 13.5. The normalized spacial score (nSPS) is 13.6. The van der Waals surface area contributed by atoms with Crippen molar-refractivity contribution in [2.24, 2.45) is 0 Å². The summed E-state index contributed by atoms with van der Waals surface area (Å²) in [6.07, 6.45) is 2.22. The second-order valence-electron chi connectivity index (χ2n) is 4.78. The average Bonchev–Trinajstić information content (AvgIpc) is 2.49. The Morgan fingerprint density at radius 3 is 2.33 bits per heavy atom. The standard InChI is InChI=1S/C16H18N2O3/c19-14(10-15(20)21)11-18-16(12-4-2-1-3-5-12)13-6-8-17-9-7-13/h1-9,14,16,18-19H,10-11H2,(H,20,21). The number of hydrogen-bond acceptors (Lipinski definition) is 4. The van der Waals surface area contributed by atoms with Gasteiger partial charge in [-0.3, -0.25) is 9.78 Å². The Labute approximate surface area is 123 Å². The molecule has 0 saturated heterocycles. The maximum absolute atomic E-state index is 10.6. The average molecular weight is 286 g/mol. The minimum Gasteiger partial charge on any atom is -0.481 e. The van der Waals surface area contributed by atoms with E-state index in [1.807, 2.05) is 42.5 Å². The van der Waals surface area contributed by atoms with Crippen LogP contribution in [0.3, 0.4) is 0 Å². The number of aromatic nitrogens is 1. The summed E-state index contributed by atoms with van der Waals surface area (Å²) in [5.41, 5.74) is 2.06. The summed E-state index contributed by atoms with van der Waals surface area (Å²) in [5, 5.41) is 21.6. The topological polar surface area (TPSA) is 82.5 Å². The lowest BCUT2D eigenvalue weighted by atomic mass is 9.99. The van der Waals surface area contributed by atoms with Gasteiger partial charge in [-0.05, 0) is 23.3 Å². The lowest BCUT2D eigenvalue weighted by Gasteiger charge is -2.21. The molecule has 1 heterocycles. The fraction of sp³-hybridized carbons (Fsp3) is 0.250. The molecule has 110 valence electrons. The predicted molar refractivity (Wildman–Crippen MR) is 78.8 cm³/mol. The van der Waals surface area contributed by atoms with E-state index in [1.54, 1.807) is 12.4 Å². The molecule has 0 saturated carbocycles. The lowest BCUT2D eigenvalue weighted by molar-refractivity contribution is -0.139. The number of carboxylic acids is 1. The maximum Gasteiger partial charge on any atom is 0.306 e. The Hall–Kier alpha value is -2.24. The molecule has 0 radical (unpaired) electrons. The van der Waals surface area contributed by atoms with E-state index in [2.05, 4.69) is 10.3 Å². The lowest BCUT2D eigenvalue weighted by Crippen LogP contribution is -2.32. The number of aliphatic hydroxyl groups is 1. The molecule has 5 heteroatoms. The number of pyridine rings is 1. The molecule has 0 fully saturated rings. The van der Waals surface area contributed by atoms with Gasteiger partial charge in [-0.2, -0.15) is 0 Å². The van der Waals surface area contributed by atoms with Crippen molar-refractivity contribution >= 4 is 5.97 Å². The first-order valence-electron chi connectivity index (χ1n) is 6.75. The van der Waals surface area contributed by atoms with Crippen LogP contribution >= 0.6 is 0 Å². The number of hydrogen-bond donors (Lipinski definition) is 3. The molecule has 1 aromatic heterocycles. The van der Waals surface area contributed by atoms with Crippen molar-refractivity contribution in [2.75, 3.05) is 6.54 Å². The molecule has 5 nitrogen and oxygen atoms in total. The molecule has 0 aliphatic carbocycles. The number of carboxylic acid groups (broad SMARTS) is 1. The van der Waals surface area contributed by atoms with Crippen LogP contribution in [-0.4, -0.2) is 33.8 Å². The van der Waals surface area contributed by atoms with Gasteiger partial charge in [-0.25, -0.2) is 0 Å². The monoisotopic (exact) mass is 286 g/mol. The van der Waals surface area contributed by atoms with Crippen LogP contribution in [0.4, 0.5) is 0 Å². The number of aliphatic hydroxyl groups excluding tert-OH is 1. The van der Waals surface area contributed by atoms with Crippen molar-refractivity contribution in [3.63, 3.8) is 0 Å². The molecule has 3 N–H and O–H groups in total. The van der Waals surface area contributed by atoms with Gasteiger partial charge in [0.15, 0.2) is 0 Å². The van der Waals surface area contributed by atoms with Gasteiger partial charge in [0.2, 0.25) is 0 Å². The highest BCUT2D eigenvalue weighted by molar-refractivity contribution is 5.67. The third kappa shape index (κ3) is 4.66. The molecule has 0 amide bonds. The second kappa shape index (κ2) is 7.52.